The van der Waals surface area contributed by atoms with Crippen LogP contribution in [0.4, 0.5) is 0 Å². The van der Waals surface area contributed by atoms with Crippen LogP contribution in [-0.4, -0.2) is 6.79 Å². The van der Waals surface area contributed by atoms with Crippen LogP contribution in [0.3, 0.4) is 0 Å². The number of halogens is 2. The molecule has 1 atom stereocenters. The minimum atomic E-state index is -0.149. The molecule has 1 aliphatic rings. The second kappa shape index (κ2) is 5.43. The molecule has 3 nitrogen and oxygen atoms in total. The Hall–Kier alpha value is -0.900. The highest BCUT2D eigenvalue weighted by Gasteiger charge is 2.18. The van der Waals surface area contributed by atoms with Gasteiger partial charge >= 0.3 is 0 Å². The monoisotopic (exact) mass is 261 g/mol. The summed E-state index contributed by atoms with van der Waals surface area (Å²) in [5.74, 6) is 1.38. The Morgan fingerprint density at radius 1 is 1.44 bits per heavy atom. The van der Waals surface area contributed by atoms with E-state index in [1.165, 1.54) is 0 Å². The van der Waals surface area contributed by atoms with Crippen molar-refractivity contribution in [1.29, 1.82) is 0 Å². The van der Waals surface area contributed by atoms with E-state index >= 15 is 0 Å². The number of hydrogen-bond donors (Lipinski definition) is 1. The standard InChI is InChI=1S/C11H12ClNO2.ClH/c1-2-3-9(13)7-4-10-11(5-8(7)12)15-6-14-10;/h2,4-5,9H,1,3,6,13H2;1H/t9-;/m1./s1. The third kappa shape index (κ3) is 2.43. The van der Waals surface area contributed by atoms with Crippen LogP contribution in [0.2, 0.25) is 5.02 Å². The van der Waals surface area contributed by atoms with Crippen molar-refractivity contribution in [3.8, 4) is 11.5 Å². The van der Waals surface area contributed by atoms with Gasteiger partial charge < -0.3 is 15.2 Å². The second-order valence-electron chi connectivity index (χ2n) is 3.36. The van der Waals surface area contributed by atoms with Gasteiger partial charge in [0.1, 0.15) is 0 Å². The van der Waals surface area contributed by atoms with Gasteiger partial charge in [-0.25, -0.2) is 0 Å². The summed E-state index contributed by atoms with van der Waals surface area (Å²) in [5, 5.41) is 0.605. The first-order valence-corrected chi connectivity index (χ1v) is 5.05. The second-order valence-corrected chi connectivity index (χ2v) is 3.77. The van der Waals surface area contributed by atoms with Crippen molar-refractivity contribution in [2.75, 3.05) is 6.79 Å². The summed E-state index contributed by atoms with van der Waals surface area (Å²) in [5.41, 5.74) is 6.81. The fraction of sp³-hybridized carbons (Fsp3) is 0.273. The van der Waals surface area contributed by atoms with E-state index in [4.69, 9.17) is 26.8 Å². The number of hydrogen-bond acceptors (Lipinski definition) is 3. The van der Waals surface area contributed by atoms with Crippen molar-refractivity contribution in [3.05, 3.63) is 35.4 Å². The van der Waals surface area contributed by atoms with E-state index in [1.807, 2.05) is 6.07 Å². The summed E-state index contributed by atoms with van der Waals surface area (Å²) in [6.07, 6.45) is 2.45. The highest BCUT2D eigenvalue weighted by Crippen LogP contribution is 2.38. The molecule has 2 rings (SSSR count). The molecule has 0 saturated carbocycles. The highest BCUT2D eigenvalue weighted by atomic mass is 35.5. The maximum atomic E-state index is 6.09. The zero-order valence-corrected chi connectivity index (χ0v) is 10.2. The molecule has 5 heteroatoms. The lowest BCUT2D eigenvalue weighted by atomic mass is 10.0. The molecule has 0 spiro atoms. The Morgan fingerprint density at radius 3 is 2.69 bits per heavy atom. The Labute approximate surface area is 106 Å². The molecule has 0 radical (unpaired) electrons. The topological polar surface area (TPSA) is 44.5 Å². The van der Waals surface area contributed by atoms with Crippen molar-refractivity contribution in [2.24, 2.45) is 5.73 Å². The minimum Gasteiger partial charge on any atom is -0.454 e. The third-order valence-corrected chi connectivity index (χ3v) is 2.64. The van der Waals surface area contributed by atoms with Gasteiger partial charge in [0.15, 0.2) is 11.5 Å². The van der Waals surface area contributed by atoms with Crippen LogP contribution in [0.1, 0.15) is 18.0 Å². The Morgan fingerprint density at radius 2 is 2.06 bits per heavy atom. The predicted molar refractivity (Wildman–Crippen MR) is 66.6 cm³/mol. The average Bonchev–Trinajstić information content (AvgIpc) is 2.63. The Balaban J connectivity index is 0.00000128. The van der Waals surface area contributed by atoms with Gasteiger partial charge in [-0.3, -0.25) is 0 Å². The van der Waals surface area contributed by atoms with E-state index in [0.29, 0.717) is 22.9 Å². The molecule has 1 heterocycles. The van der Waals surface area contributed by atoms with Gasteiger partial charge in [0.05, 0.1) is 0 Å². The summed E-state index contributed by atoms with van der Waals surface area (Å²) in [7, 11) is 0. The van der Waals surface area contributed by atoms with Crippen molar-refractivity contribution in [1.82, 2.24) is 0 Å². The molecule has 1 aromatic rings. The fourth-order valence-electron chi connectivity index (χ4n) is 1.52. The van der Waals surface area contributed by atoms with Crippen LogP contribution in [0.25, 0.3) is 0 Å². The van der Waals surface area contributed by atoms with Gasteiger partial charge in [0, 0.05) is 17.1 Å². The zero-order valence-electron chi connectivity index (χ0n) is 8.61. The zero-order chi connectivity index (χ0) is 10.8. The normalized spacial score (nSPS) is 14.1. The first-order valence-electron chi connectivity index (χ1n) is 4.68. The van der Waals surface area contributed by atoms with Crippen LogP contribution < -0.4 is 15.2 Å². The van der Waals surface area contributed by atoms with E-state index in [0.717, 1.165) is 5.56 Å². The van der Waals surface area contributed by atoms with Crippen LogP contribution in [-0.2, 0) is 0 Å². The quantitative estimate of drug-likeness (QED) is 0.851. The molecule has 1 aliphatic heterocycles. The van der Waals surface area contributed by atoms with Crippen molar-refractivity contribution < 1.29 is 9.47 Å². The van der Waals surface area contributed by atoms with E-state index in [-0.39, 0.29) is 25.2 Å². The average molecular weight is 262 g/mol. The van der Waals surface area contributed by atoms with E-state index in [2.05, 4.69) is 6.58 Å². The van der Waals surface area contributed by atoms with Crippen molar-refractivity contribution in [2.45, 2.75) is 12.5 Å². The van der Waals surface area contributed by atoms with Gasteiger partial charge in [-0.15, -0.1) is 19.0 Å². The molecule has 0 bridgehead atoms. The third-order valence-electron chi connectivity index (χ3n) is 2.31. The molecule has 0 aromatic heterocycles. The van der Waals surface area contributed by atoms with Crippen LogP contribution >= 0.6 is 24.0 Å². The SMILES string of the molecule is C=CC[C@@H](N)c1cc2c(cc1Cl)OCO2.Cl. The maximum Gasteiger partial charge on any atom is 0.231 e. The predicted octanol–water partition coefficient (Wildman–Crippen LogP) is 3.07. The van der Waals surface area contributed by atoms with E-state index < -0.39 is 0 Å². The number of fused-ring (bicyclic) bond motifs is 1. The van der Waals surface area contributed by atoms with E-state index in [1.54, 1.807) is 12.1 Å². The van der Waals surface area contributed by atoms with Gasteiger partial charge in [0.25, 0.3) is 0 Å². The lowest BCUT2D eigenvalue weighted by molar-refractivity contribution is 0.174. The molecule has 16 heavy (non-hydrogen) atoms. The maximum absolute atomic E-state index is 6.09. The Kier molecular flexibility index (Phi) is 4.47. The molecule has 0 amide bonds. The summed E-state index contributed by atoms with van der Waals surface area (Å²) in [4.78, 5) is 0. The summed E-state index contributed by atoms with van der Waals surface area (Å²) < 4.78 is 10.5. The molecule has 0 fully saturated rings. The number of nitrogens with two attached hydrogens (primary N) is 1. The number of ether oxygens (including phenoxy) is 2. The minimum absolute atomic E-state index is 0. The van der Waals surface area contributed by atoms with Crippen LogP contribution in [0.5, 0.6) is 11.5 Å². The van der Waals surface area contributed by atoms with Crippen molar-refractivity contribution >= 4 is 24.0 Å². The summed E-state index contributed by atoms with van der Waals surface area (Å²) in [6.45, 7) is 3.89. The number of benzene rings is 1. The molecule has 0 aliphatic carbocycles. The van der Waals surface area contributed by atoms with Crippen LogP contribution in [0.15, 0.2) is 24.8 Å². The van der Waals surface area contributed by atoms with Crippen LogP contribution in [0, 0.1) is 0 Å². The molecule has 0 saturated heterocycles. The molecule has 0 unspecified atom stereocenters. The first kappa shape index (κ1) is 13.2. The molecular formula is C11H13Cl2NO2. The first-order chi connectivity index (χ1) is 7.22. The molecule has 2 N–H and O–H groups in total. The molecule has 88 valence electrons. The highest BCUT2D eigenvalue weighted by molar-refractivity contribution is 6.31. The summed E-state index contributed by atoms with van der Waals surface area (Å²) in [6, 6.07) is 3.42. The Bertz CT molecular complexity index is 396. The van der Waals surface area contributed by atoms with Crippen molar-refractivity contribution in [3.63, 3.8) is 0 Å². The van der Waals surface area contributed by atoms with Gasteiger partial charge in [-0.1, -0.05) is 17.7 Å². The van der Waals surface area contributed by atoms with E-state index in [9.17, 15) is 0 Å². The number of rotatable bonds is 3. The van der Waals surface area contributed by atoms with Gasteiger partial charge in [-0.2, -0.15) is 0 Å². The smallest absolute Gasteiger partial charge is 0.231 e. The molecule has 1 aromatic carbocycles. The molecular weight excluding hydrogens is 249 g/mol. The summed E-state index contributed by atoms with van der Waals surface area (Å²) >= 11 is 6.09. The largest absolute Gasteiger partial charge is 0.454 e. The van der Waals surface area contributed by atoms with Gasteiger partial charge in [0.2, 0.25) is 6.79 Å². The van der Waals surface area contributed by atoms with Gasteiger partial charge in [-0.05, 0) is 18.1 Å². The fourth-order valence-corrected chi connectivity index (χ4v) is 1.82. The lowest BCUT2D eigenvalue weighted by Crippen LogP contribution is -2.09. The lowest BCUT2D eigenvalue weighted by Gasteiger charge is -2.12.